The van der Waals surface area contributed by atoms with Gasteiger partial charge in [0.15, 0.2) is 0 Å². The molecule has 0 aliphatic carbocycles. The molecule has 0 fully saturated rings. The van der Waals surface area contributed by atoms with Gasteiger partial charge in [-0.05, 0) is 6.42 Å². The Morgan fingerprint density at radius 1 is 1.07 bits per heavy atom. The lowest BCUT2D eigenvalue weighted by atomic mass is 10.6. The van der Waals surface area contributed by atoms with Gasteiger partial charge in [0.05, 0.1) is 5.75 Å². The van der Waals surface area contributed by atoms with Crippen LogP contribution in [0.2, 0.25) is 0 Å². The lowest BCUT2D eigenvalue weighted by molar-refractivity contribution is 0.0537. The van der Waals surface area contributed by atoms with Crippen LogP contribution in [0.4, 0.5) is 0 Å². The summed E-state index contributed by atoms with van der Waals surface area (Å²) in [6.07, 6.45) is 0.462. The zero-order valence-corrected chi connectivity index (χ0v) is 10.6. The number of rotatable bonds is 7. The van der Waals surface area contributed by atoms with Gasteiger partial charge in [-0.25, -0.2) is 12.3 Å². The SMILES string of the molecule is CCCS(=O)(=O)O[Si](OC)(OC)OC. The lowest BCUT2D eigenvalue weighted by Gasteiger charge is -2.21. The van der Waals surface area contributed by atoms with Crippen molar-refractivity contribution < 1.29 is 25.6 Å². The Kier molecular flexibility index (Phi) is 5.79. The van der Waals surface area contributed by atoms with E-state index < -0.39 is 19.2 Å². The highest BCUT2D eigenvalue weighted by Gasteiger charge is 2.47. The third-order valence-electron chi connectivity index (χ3n) is 1.43. The second-order valence-electron chi connectivity index (χ2n) is 2.46. The Balaban J connectivity index is 4.59. The first kappa shape index (κ1) is 14.0. The molecule has 86 valence electrons. The van der Waals surface area contributed by atoms with Crippen molar-refractivity contribution in [1.29, 1.82) is 0 Å². The predicted molar refractivity (Wildman–Crippen MR) is 51.9 cm³/mol. The van der Waals surface area contributed by atoms with E-state index in [-0.39, 0.29) is 5.75 Å². The van der Waals surface area contributed by atoms with Crippen LogP contribution in [-0.4, -0.2) is 44.5 Å². The number of hydrogen-bond donors (Lipinski definition) is 0. The van der Waals surface area contributed by atoms with Crippen molar-refractivity contribution >= 4 is 19.2 Å². The zero-order chi connectivity index (χ0) is 11.2. The lowest BCUT2D eigenvalue weighted by Crippen LogP contribution is -2.48. The van der Waals surface area contributed by atoms with E-state index >= 15 is 0 Å². The molecule has 0 heterocycles. The quantitative estimate of drug-likeness (QED) is 0.592. The van der Waals surface area contributed by atoms with Crippen LogP contribution in [0, 0.1) is 0 Å². The molecule has 0 unspecified atom stereocenters. The summed E-state index contributed by atoms with van der Waals surface area (Å²) in [6.45, 7) is 1.73. The van der Waals surface area contributed by atoms with E-state index in [1.165, 1.54) is 21.3 Å². The molecule has 0 rings (SSSR count). The van der Waals surface area contributed by atoms with E-state index in [0.29, 0.717) is 6.42 Å². The van der Waals surface area contributed by atoms with Gasteiger partial charge in [-0.2, -0.15) is 0 Å². The molecule has 0 bridgehead atoms. The summed E-state index contributed by atoms with van der Waals surface area (Å²) in [7, 11) is -3.28. The van der Waals surface area contributed by atoms with E-state index in [0.717, 1.165) is 0 Å². The van der Waals surface area contributed by atoms with Gasteiger partial charge < -0.3 is 13.3 Å². The van der Waals surface area contributed by atoms with Crippen molar-refractivity contribution in [2.45, 2.75) is 13.3 Å². The minimum absolute atomic E-state index is 0.0855. The minimum Gasteiger partial charge on any atom is -0.354 e. The highest BCUT2D eigenvalue weighted by Crippen LogP contribution is 2.12. The van der Waals surface area contributed by atoms with E-state index in [1.807, 2.05) is 0 Å². The standard InChI is InChI=1S/C6H16O6SSi/c1-5-6-13(7,8)12-14(9-2,10-3)11-4/h5-6H2,1-4H3. The molecule has 0 aromatic heterocycles. The summed E-state index contributed by atoms with van der Waals surface area (Å²) in [5.74, 6) is -0.0855. The maximum absolute atomic E-state index is 11.3. The monoisotopic (exact) mass is 244 g/mol. The first-order chi connectivity index (χ1) is 6.45. The second-order valence-corrected chi connectivity index (χ2v) is 6.87. The van der Waals surface area contributed by atoms with Gasteiger partial charge in [0, 0.05) is 21.3 Å². The molecule has 6 nitrogen and oxygen atoms in total. The second kappa shape index (κ2) is 5.78. The van der Waals surface area contributed by atoms with Crippen LogP contribution in [-0.2, 0) is 27.3 Å². The van der Waals surface area contributed by atoms with Gasteiger partial charge in [0.1, 0.15) is 0 Å². The Hall–Kier alpha value is 0.00688. The van der Waals surface area contributed by atoms with Gasteiger partial charge in [-0.3, -0.25) is 0 Å². The highest BCUT2D eigenvalue weighted by molar-refractivity contribution is 7.87. The van der Waals surface area contributed by atoms with Gasteiger partial charge in [0.25, 0.3) is 10.1 Å². The van der Waals surface area contributed by atoms with Crippen LogP contribution in [0.25, 0.3) is 0 Å². The Bertz CT molecular complexity index is 239. The molecular weight excluding hydrogens is 228 g/mol. The predicted octanol–water partition coefficient (Wildman–Crippen LogP) is 0.118. The fourth-order valence-corrected chi connectivity index (χ4v) is 4.19. The molecule has 0 saturated carbocycles. The molecule has 0 radical (unpaired) electrons. The molecule has 0 amide bonds. The van der Waals surface area contributed by atoms with Gasteiger partial charge in [-0.1, -0.05) is 6.92 Å². The van der Waals surface area contributed by atoms with Crippen molar-refractivity contribution in [3.05, 3.63) is 0 Å². The van der Waals surface area contributed by atoms with Crippen molar-refractivity contribution in [2.75, 3.05) is 27.1 Å². The van der Waals surface area contributed by atoms with Crippen LogP contribution < -0.4 is 0 Å². The van der Waals surface area contributed by atoms with E-state index in [4.69, 9.17) is 17.2 Å². The molecule has 0 saturated heterocycles. The largest absolute Gasteiger partial charge is 0.693 e. The maximum Gasteiger partial charge on any atom is 0.693 e. The zero-order valence-electron chi connectivity index (χ0n) is 8.77. The molecule has 0 N–H and O–H groups in total. The maximum atomic E-state index is 11.3. The minimum atomic E-state index is -3.64. The van der Waals surface area contributed by atoms with E-state index in [2.05, 4.69) is 0 Å². The molecule has 0 atom stereocenters. The van der Waals surface area contributed by atoms with Crippen molar-refractivity contribution in [1.82, 2.24) is 0 Å². The van der Waals surface area contributed by atoms with E-state index in [1.54, 1.807) is 6.92 Å². The molecular formula is C6H16O6SSi. The Morgan fingerprint density at radius 3 is 1.79 bits per heavy atom. The molecule has 0 aromatic rings. The molecule has 0 aliphatic rings. The molecule has 0 aromatic carbocycles. The topological polar surface area (TPSA) is 71.1 Å². The Morgan fingerprint density at radius 2 is 1.50 bits per heavy atom. The van der Waals surface area contributed by atoms with Gasteiger partial charge >= 0.3 is 9.05 Å². The summed E-state index contributed by atoms with van der Waals surface area (Å²) in [6, 6.07) is 0. The van der Waals surface area contributed by atoms with Crippen molar-refractivity contribution in [3.8, 4) is 0 Å². The van der Waals surface area contributed by atoms with Crippen LogP contribution >= 0.6 is 0 Å². The Labute approximate surface area is 85.7 Å². The van der Waals surface area contributed by atoms with Crippen molar-refractivity contribution in [2.24, 2.45) is 0 Å². The summed E-state index contributed by atoms with van der Waals surface area (Å²) in [4.78, 5) is 0. The van der Waals surface area contributed by atoms with E-state index in [9.17, 15) is 8.42 Å². The fourth-order valence-electron chi connectivity index (χ4n) is 0.799. The van der Waals surface area contributed by atoms with Crippen LogP contribution in [0.1, 0.15) is 13.3 Å². The van der Waals surface area contributed by atoms with Crippen LogP contribution in [0.3, 0.4) is 0 Å². The first-order valence-corrected chi connectivity index (χ1v) is 7.25. The van der Waals surface area contributed by atoms with Crippen LogP contribution in [0.5, 0.6) is 0 Å². The van der Waals surface area contributed by atoms with Gasteiger partial charge in [0.2, 0.25) is 0 Å². The summed E-state index contributed by atoms with van der Waals surface area (Å²) >= 11 is 0. The molecule has 0 spiro atoms. The highest BCUT2D eigenvalue weighted by atomic mass is 32.2. The summed E-state index contributed by atoms with van der Waals surface area (Å²) in [5, 5.41) is 0. The molecule has 0 aliphatic heterocycles. The number of hydrogen-bond acceptors (Lipinski definition) is 6. The third kappa shape index (κ3) is 4.03. The smallest absolute Gasteiger partial charge is 0.354 e. The molecule has 8 heteroatoms. The van der Waals surface area contributed by atoms with Crippen LogP contribution in [0.15, 0.2) is 0 Å². The summed E-state index contributed by atoms with van der Waals surface area (Å²) < 4.78 is 41.8. The molecule has 14 heavy (non-hydrogen) atoms. The third-order valence-corrected chi connectivity index (χ3v) is 5.67. The summed E-state index contributed by atoms with van der Waals surface area (Å²) in [5.41, 5.74) is 0. The first-order valence-electron chi connectivity index (χ1n) is 4.04. The fraction of sp³-hybridized carbons (Fsp3) is 1.00. The average molecular weight is 244 g/mol. The van der Waals surface area contributed by atoms with Crippen molar-refractivity contribution in [3.63, 3.8) is 0 Å². The normalized spacial score (nSPS) is 13.1. The van der Waals surface area contributed by atoms with Gasteiger partial charge in [-0.15, -0.1) is 0 Å². The average Bonchev–Trinajstić information content (AvgIpc) is 2.14.